The van der Waals surface area contributed by atoms with Crippen LogP contribution in [0.15, 0.2) is 24.3 Å². The minimum atomic E-state index is -0.261. The van der Waals surface area contributed by atoms with Crippen LogP contribution in [-0.4, -0.2) is 49.1 Å². The van der Waals surface area contributed by atoms with Gasteiger partial charge in [-0.2, -0.15) is 5.26 Å². The summed E-state index contributed by atoms with van der Waals surface area (Å²) < 4.78 is 11.1. The van der Waals surface area contributed by atoms with Crippen molar-refractivity contribution in [1.82, 2.24) is 10.2 Å². The molecule has 134 valence electrons. The molecule has 1 aliphatic heterocycles. The van der Waals surface area contributed by atoms with Crippen molar-refractivity contribution in [3.63, 3.8) is 0 Å². The molecule has 1 saturated heterocycles. The van der Waals surface area contributed by atoms with Crippen molar-refractivity contribution in [1.29, 1.82) is 5.26 Å². The number of likely N-dealkylation sites (tertiary alicyclic amines) is 1. The summed E-state index contributed by atoms with van der Waals surface area (Å²) in [4.78, 5) is 25.5. The van der Waals surface area contributed by atoms with Crippen molar-refractivity contribution in [2.45, 2.75) is 32.2 Å². The van der Waals surface area contributed by atoms with Crippen molar-refractivity contribution < 1.29 is 19.1 Å². The van der Waals surface area contributed by atoms with Crippen LogP contribution in [0.3, 0.4) is 0 Å². The zero-order valence-corrected chi connectivity index (χ0v) is 14.4. The summed E-state index contributed by atoms with van der Waals surface area (Å²) in [6.45, 7) is 3.50. The summed E-state index contributed by atoms with van der Waals surface area (Å²) in [5, 5.41) is 11.3. The summed E-state index contributed by atoms with van der Waals surface area (Å²) in [6, 6.07) is 9.11. The van der Waals surface area contributed by atoms with Gasteiger partial charge in [-0.15, -0.1) is 0 Å². The van der Waals surface area contributed by atoms with Crippen molar-refractivity contribution >= 4 is 11.8 Å². The van der Waals surface area contributed by atoms with Gasteiger partial charge in [0.2, 0.25) is 5.91 Å². The van der Waals surface area contributed by atoms with Gasteiger partial charge < -0.3 is 19.7 Å². The van der Waals surface area contributed by atoms with Gasteiger partial charge in [0, 0.05) is 19.1 Å². The van der Waals surface area contributed by atoms with E-state index < -0.39 is 0 Å². The molecule has 1 N–H and O–H groups in total. The summed E-state index contributed by atoms with van der Waals surface area (Å²) in [6.07, 6.45) is 1.23. The lowest BCUT2D eigenvalue weighted by Crippen LogP contribution is -2.47. The molecule has 1 heterocycles. The topological polar surface area (TPSA) is 91.7 Å². The number of amides is 2. The zero-order chi connectivity index (χ0) is 18.1. The van der Waals surface area contributed by atoms with E-state index in [1.165, 1.54) is 0 Å². The first-order valence-electron chi connectivity index (χ1n) is 8.42. The average Bonchev–Trinajstić information content (AvgIpc) is 2.62. The third kappa shape index (κ3) is 5.68. The highest BCUT2D eigenvalue weighted by Crippen LogP contribution is 2.26. The molecule has 1 fully saturated rings. The van der Waals surface area contributed by atoms with E-state index in [0.29, 0.717) is 44.0 Å². The molecular weight excluding hydrogens is 322 g/mol. The monoisotopic (exact) mass is 345 g/mol. The zero-order valence-electron chi connectivity index (χ0n) is 14.4. The van der Waals surface area contributed by atoms with Gasteiger partial charge in [-0.3, -0.25) is 9.59 Å². The van der Waals surface area contributed by atoms with Gasteiger partial charge in [0.1, 0.15) is 6.42 Å². The molecule has 0 saturated carbocycles. The number of nitrogens with one attached hydrogen (secondary N) is 1. The van der Waals surface area contributed by atoms with E-state index in [1.807, 2.05) is 25.1 Å². The lowest BCUT2D eigenvalue weighted by atomic mass is 10.0. The fraction of sp³-hybridized carbons (Fsp3) is 0.500. The maximum atomic E-state index is 12.3. The van der Waals surface area contributed by atoms with E-state index in [2.05, 4.69) is 5.32 Å². The molecule has 0 unspecified atom stereocenters. The van der Waals surface area contributed by atoms with Crippen molar-refractivity contribution in [3.05, 3.63) is 24.3 Å². The molecule has 0 atom stereocenters. The SMILES string of the molecule is CCOc1ccccc1OCC(=O)N1CCC(NC(=O)CC#N)CC1. The number of hydrogen-bond acceptors (Lipinski definition) is 5. The first kappa shape index (κ1) is 18.6. The predicted molar refractivity (Wildman–Crippen MR) is 91.1 cm³/mol. The smallest absolute Gasteiger partial charge is 0.260 e. The highest BCUT2D eigenvalue weighted by molar-refractivity contribution is 5.79. The number of carbonyl (C=O) groups excluding carboxylic acids is 2. The van der Waals surface area contributed by atoms with Gasteiger partial charge in [0.25, 0.3) is 5.91 Å². The Morgan fingerprint density at radius 1 is 1.24 bits per heavy atom. The highest BCUT2D eigenvalue weighted by atomic mass is 16.5. The van der Waals surface area contributed by atoms with Crippen LogP contribution in [-0.2, 0) is 9.59 Å². The Balaban J connectivity index is 1.78. The van der Waals surface area contributed by atoms with Gasteiger partial charge in [0.15, 0.2) is 18.1 Å². The molecule has 1 aromatic rings. The Morgan fingerprint density at radius 2 is 1.88 bits per heavy atom. The van der Waals surface area contributed by atoms with E-state index >= 15 is 0 Å². The van der Waals surface area contributed by atoms with E-state index in [4.69, 9.17) is 14.7 Å². The molecule has 25 heavy (non-hydrogen) atoms. The molecule has 0 aromatic heterocycles. The van der Waals surface area contributed by atoms with E-state index in [-0.39, 0.29) is 30.9 Å². The molecule has 1 aliphatic rings. The molecule has 2 amide bonds. The highest BCUT2D eigenvalue weighted by Gasteiger charge is 2.24. The fourth-order valence-electron chi connectivity index (χ4n) is 2.70. The lowest BCUT2D eigenvalue weighted by molar-refractivity contribution is -0.134. The normalized spacial score (nSPS) is 14.5. The second-order valence-corrected chi connectivity index (χ2v) is 5.73. The maximum Gasteiger partial charge on any atom is 0.260 e. The van der Waals surface area contributed by atoms with Gasteiger partial charge in [-0.25, -0.2) is 0 Å². The van der Waals surface area contributed by atoms with E-state index in [9.17, 15) is 9.59 Å². The average molecular weight is 345 g/mol. The summed E-state index contributed by atoms with van der Waals surface area (Å²) in [7, 11) is 0. The largest absolute Gasteiger partial charge is 0.490 e. The van der Waals surface area contributed by atoms with Crippen molar-refractivity contribution in [2.24, 2.45) is 0 Å². The van der Waals surface area contributed by atoms with Gasteiger partial charge in [-0.1, -0.05) is 12.1 Å². The van der Waals surface area contributed by atoms with Crippen LogP contribution in [0.5, 0.6) is 11.5 Å². The van der Waals surface area contributed by atoms with E-state index in [1.54, 1.807) is 17.0 Å². The number of nitrogens with zero attached hydrogens (tertiary/aromatic N) is 2. The van der Waals surface area contributed by atoms with Crippen LogP contribution < -0.4 is 14.8 Å². The number of rotatable bonds is 7. The van der Waals surface area contributed by atoms with Crippen LogP contribution in [0.2, 0.25) is 0 Å². The second kappa shape index (κ2) is 9.52. The van der Waals surface area contributed by atoms with Gasteiger partial charge in [-0.05, 0) is 31.9 Å². The number of para-hydroxylation sites is 2. The number of piperidine rings is 1. The molecule has 1 aromatic carbocycles. The Kier molecular flexibility index (Phi) is 7.08. The van der Waals surface area contributed by atoms with Crippen LogP contribution in [0.25, 0.3) is 0 Å². The van der Waals surface area contributed by atoms with Gasteiger partial charge in [0.05, 0.1) is 12.7 Å². The quantitative estimate of drug-likeness (QED) is 0.808. The summed E-state index contributed by atoms with van der Waals surface area (Å²) in [5.41, 5.74) is 0. The Morgan fingerprint density at radius 3 is 2.48 bits per heavy atom. The first-order chi connectivity index (χ1) is 12.1. The maximum absolute atomic E-state index is 12.3. The molecule has 0 bridgehead atoms. The Labute approximate surface area is 147 Å². The van der Waals surface area contributed by atoms with Crippen LogP contribution >= 0.6 is 0 Å². The predicted octanol–water partition coefficient (Wildman–Crippen LogP) is 1.48. The third-order valence-corrected chi connectivity index (χ3v) is 3.95. The summed E-state index contributed by atoms with van der Waals surface area (Å²) in [5.74, 6) is 0.823. The fourth-order valence-corrected chi connectivity index (χ4v) is 2.70. The van der Waals surface area contributed by atoms with E-state index in [0.717, 1.165) is 0 Å². The van der Waals surface area contributed by atoms with Crippen LogP contribution in [0, 0.1) is 11.3 Å². The number of nitriles is 1. The molecule has 2 rings (SSSR count). The minimum Gasteiger partial charge on any atom is -0.490 e. The number of carbonyl (C=O) groups is 2. The van der Waals surface area contributed by atoms with Crippen LogP contribution in [0.4, 0.5) is 0 Å². The Bertz CT molecular complexity index is 633. The molecule has 0 radical (unpaired) electrons. The third-order valence-electron chi connectivity index (χ3n) is 3.95. The van der Waals surface area contributed by atoms with Gasteiger partial charge >= 0.3 is 0 Å². The molecule has 0 spiro atoms. The number of hydrogen-bond donors (Lipinski definition) is 1. The van der Waals surface area contributed by atoms with Crippen molar-refractivity contribution in [2.75, 3.05) is 26.3 Å². The number of benzene rings is 1. The molecule has 0 aliphatic carbocycles. The molecular formula is C18H23N3O4. The lowest BCUT2D eigenvalue weighted by Gasteiger charge is -2.32. The second-order valence-electron chi connectivity index (χ2n) is 5.73. The molecule has 7 heteroatoms. The standard InChI is InChI=1S/C18H23N3O4/c1-2-24-15-5-3-4-6-16(15)25-13-18(23)21-11-8-14(9-12-21)20-17(22)7-10-19/h3-6,14H,2,7-9,11-13H2,1H3,(H,20,22). The Hall–Kier alpha value is -2.75. The summed E-state index contributed by atoms with van der Waals surface area (Å²) >= 11 is 0. The van der Waals surface area contributed by atoms with Crippen molar-refractivity contribution in [3.8, 4) is 17.6 Å². The first-order valence-corrected chi connectivity index (χ1v) is 8.42. The minimum absolute atomic E-state index is 0.0181. The molecule has 7 nitrogen and oxygen atoms in total. The van der Waals surface area contributed by atoms with Crippen LogP contribution in [0.1, 0.15) is 26.2 Å². The number of ether oxygens (including phenoxy) is 2.